The predicted molar refractivity (Wildman–Crippen MR) is 40.2 cm³/mol. The van der Waals surface area contributed by atoms with Crippen LogP contribution < -0.4 is 0 Å². The topological polar surface area (TPSA) is 9.23 Å². The van der Waals surface area contributed by atoms with Crippen LogP contribution in [-0.2, 0) is 4.74 Å². The summed E-state index contributed by atoms with van der Waals surface area (Å²) in [6.07, 6.45) is 7.51. The largest absolute Gasteiger partial charge is 0.381 e. The van der Waals surface area contributed by atoms with Crippen molar-refractivity contribution < 1.29 is 4.74 Å². The Kier molecular flexibility index (Phi) is 7.44. The van der Waals surface area contributed by atoms with Gasteiger partial charge < -0.3 is 4.74 Å². The van der Waals surface area contributed by atoms with E-state index < -0.39 is 0 Å². The van der Waals surface area contributed by atoms with Crippen LogP contribution in [0.4, 0.5) is 0 Å². The Morgan fingerprint density at radius 3 is 2.78 bits per heavy atom. The molecule has 0 aromatic rings. The number of methoxy groups -OCH3 is 1. The van der Waals surface area contributed by atoms with Gasteiger partial charge in [0, 0.05) is 7.11 Å². The molecule has 0 atom stereocenters. The third-order valence-electron chi connectivity index (χ3n) is 1.05. The molecule has 0 aliphatic rings. The summed E-state index contributed by atoms with van der Waals surface area (Å²) in [6.45, 7) is 4.47. The SMILES string of the molecule is [CH2]CCC/C=C/COC. The Bertz CT molecular complexity index is 67.0. The molecule has 0 saturated heterocycles. The molecule has 9 heavy (non-hydrogen) atoms. The molecule has 1 radical (unpaired) electrons. The Morgan fingerprint density at radius 1 is 1.44 bits per heavy atom. The smallest absolute Gasteiger partial charge is 0.0643 e. The lowest BCUT2D eigenvalue weighted by molar-refractivity contribution is 0.233. The summed E-state index contributed by atoms with van der Waals surface area (Å²) in [5.74, 6) is 0. The van der Waals surface area contributed by atoms with E-state index in [0.29, 0.717) is 0 Å². The van der Waals surface area contributed by atoms with Crippen LogP contribution in [0.15, 0.2) is 12.2 Å². The minimum absolute atomic E-state index is 0.733. The van der Waals surface area contributed by atoms with Crippen molar-refractivity contribution >= 4 is 0 Å². The molecule has 0 bridgehead atoms. The lowest BCUT2D eigenvalue weighted by Gasteiger charge is -1.88. The molecule has 0 amide bonds. The Hall–Kier alpha value is -0.300. The minimum Gasteiger partial charge on any atom is -0.381 e. The summed E-state index contributed by atoms with van der Waals surface area (Å²) in [6, 6.07) is 0. The van der Waals surface area contributed by atoms with E-state index in [4.69, 9.17) is 4.74 Å². The highest BCUT2D eigenvalue weighted by atomic mass is 16.5. The molecule has 0 aromatic carbocycles. The fourth-order valence-corrected chi connectivity index (χ4v) is 0.544. The Morgan fingerprint density at radius 2 is 2.22 bits per heavy atom. The summed E-state index contributed by atoms with van der Waals surface area (Å²) >= 11 is 0. The van der Waals surface area contributed by atoms with Gasteiger partial charge in [0.2, 0.25) is 0 Å². The van der Waals surface area contributed by atoms with Crippen molar-refractivity contribution in [3.63, 3.8) is 0 Å². The lowest BCUT2D eigenvalue weighted by Crippen LogP contribution is -1.79. The number of unbranched alkanes of at least 4 members (excludes halogenated alkanes) is 2. The van der Waals surface area contributed by atoms with Crippen LogP contribution in [-0.4, -0.2) is 13.7 Å². The summed E-state index contributed by atoms with van der Waals surface area (Å²) in [4.78, 5) is 0. The van der Waals surface area contributed by atoms with Gasteiger partial charge in [-0.15, -0.1) is 0 Å². The fraction of sp³-hybridized carbons (Fsp3) is 0.625. The number of hydrogen-bond acceptors (Lipinski definition) is 1. The van der Waals surface area contributed by atoms with Crippen LogP contribution in [0.3, 0.4) is 0 Å². The molecule has 0 aliphatic carbocycles. The van der Waals surface area contributed by atoms with E-state index in [1.54, 1.807) is 7.11 Å². The first kappa shape index (κ1) is 8.70. The number of rotatable bonds is 5. The van der Waals surface area contributed by atoms with Crippen LogP contribution in [0, 0.1) is 6.92 Å². The van der Waals surface area contributed by atoms with Crippen LogP contribution in [0.5, 0.6) is 0 Å². The fourth-order valence-electron chi connectivity index (χ4n) is 0.544. The molecule has 0 aromatic heterocycles. The van der Waals surface area contributed by atoms with Crippen molar-refractivity contribution in [1.82, 2.24) is 0 Å². The van der Waals surface area contributed by atoms with Crippen molar-refractivity contribution in [2.75, 3.05) is 13.7 Å². The first-order valence-corrected chi connectivity index (χ1v) is 3.35. The van der Waals surface area contributed by atoms with Gasteiger partial charge in [-0.2, -0.15) is 0 Å². The summed E-state index contributed by atoms with van der Waals surface area (Å²) in [7, 11) is 1.70. The maximum Gasteiger partial charge on any atom is 0.0643 e. The standard InChI is InChI=1S/C8H15O/c1-3-4-5-6-7-8-9-2/h6-7H,1,3-5,8H2,2H3/b7-6+. The maximum atomic E-state index is 4.82. The highest BCUT2D eigenvalue weighted by Crippen LogP contribution is 1.93. The van der Waals surface area contributed by atoms with Crippen molar-refractivity contribution in [3.8, 4) is 0 Å². The number of allylic oxidation sites excluding steroid dienone is 1. The summed E-state index contributed by atoms with van der Waals surface area (Å²) < 4.78 is 4.82. The van der Waals surface area contributed by atoms with E-state index >= 15 is 0 Å². The molecule has 0 unspecified atom stereocenters. The average molecular weight is 127 g/mol. The van der Waals surface area contributed by atoms with Crippen molar-refractivity contribution in [1.29, 1.82) is 0 Å². The van der Waals surface area contributed by atoms with Gasteiger partial charge in [-0.3, -0.25) is 0 Å². The third kappa shape index (κ3) is 7.70. The lowest BCUT2D eigenvalue weighted by atomic mass is 10.2. The van der Waals surface area contributed by atoms with E-state index in [2.05, 4.69) is 13.0 Å². The van der Waals surface area contributed by atoms with E-state index in [-0.39, 0.29) is 0 Å². The van der Waals surface area contributed by atoms with Gasteiger partial charge in [-0.05, 0) is 12.8 Å². The third-order valence-corrected chi connectivity index (χ3v) is 1.05. The minimum atomic E-state index is 0.733. The Balaban J connectivity index is 2.86. The quantitative estimate of drug-likeness (QED) is 0.406. The normalized spacial score (nSPS) is 10.9. The molecule has 1 nitrogen and oxygen atoms in total. The molecule has 53 valence electrons. The van der Waals surface area contributed by atoms with Gasteiger partial charge >= 0.3 is 0 Å². The molecule has 0 fully saturated rings. The van der Waals surface area contributed by atoms with Crippen molar-refractivity contribution in [2.24, 2.45) is 0 Å². The van der Waals surface area contributed by atoms with Crippen LogP contribution in [0.1, 0.15) is 19.3 Å². The summed E-state index contributed by atoms with van der Waals surface area (Å²) in [5, 5.41) is 0. The van der Waals surface area contributed by atoms with Crippen molar-refractivity contribution in [2.45, 2.75) is 19.3 Å². The number of hydrogen-bond donors (Lipinski definition) is 0. The first-order valence-electron chi connectivity index (χ1n) is 3.35. The maximum absolute atomic E-state index is 4.82. The molecule has 0 saturated carbocycles. The van der Waals surface area contributed by atoms with Crippen LogP contribution in [0.2, 0.25) is 0 Å². The molecule has 0 heterocycles. The highest BCUT2D eigenvalue weighted by molar-refractivity contribution is 4.80. The van der Waals surface area contributed by atoms with E-state index in [9.17, 15) is 0 Å². The highest BCUT2D eigenvalue weighted by Gasteiger charge is 1.76. The van der Waals surface area contributed by atoms with E-state index in [1.165, 1.54) is 6.42 Å². The summed E-state index contributed by atoms with van der Waals surface area (Å²) in [5.41, 5.74) is 0. The van der Waals surface area contributed by atoms with Gasteiger partial charge in [0.1, 0.15) is 0 Å². The van der Waals surface area contributed by atoms with Crippen LogP contribution >= 0.6 is 0 Å². The van der Waals surface area contributed by atoms with Crippen LogP contribution in [0.25, 0.3) is 0 Å². The molecule has 0 aliphatic heterocycles. The molecule has 0 spiro atoms. The zero-order chi connectivity index (χ0) is 6.95. The van der Waals surface area contributed by atoms with Gasteiger partial charge in [0.25, 0.3) is 0 Å². The molecular weight excluding hydrogens is 112 g/mol. The van der Waals surface area contributed by atoms with E-state index in [1.807, 2.05) is 6.08 Å². The molecular formula is C8H15O. The van der Waals surface area contributed by atoms with Gasteiger partial charge in [0.15, 0.2) is 0 Å². The second-order valence-corrected chi connectivity index (χ2v) is 1.92. The zero-order valence-electron chi connectivity index (χ0n) is 6.10. The van der Waals surface area contributed by atoms with Crippen molar-refractivity contribution in [3.05, 3.63) is 19.1 Å². The Labute approximate surface area is 57.7 Å². The number of ether oxygens (including phenoxy) is 1. The molecule has 0 N–H and O–H groups in total. The van der Waals surface area contributed by atoms with Gasteiger partial charge in [-0.25, -0.2) is 0 Å². The molecule has 1 heteroatoms. The second kappa shape index (κ2) is 7.70. The predicted octanol–water partition coefficient (Wildman–Crippen LogP) is 2.19. The second-order valence-electron chi connectivity index (χ2n) is 1.92. The molecule has 0 rings (SSSR count). The monoisotopic (exact) mass is 127 g/mol. The first-order chi connectivity index (χ1) is 4.41. The average Bonchev–Trinajstić information content (AvgIpc) is 1.89. The van der Waals surface area contributed by atoms with E-state index in [0.717, 1.165) is 19.4 Å². The van der Waals surface area contributed by atoms with Gasteiger partial charge in [0.05, 0.1) is 6.61 Å². The zero-order valence-corrected chi connectivity index (χ0v) is 6.10. The van der Waals surface area contributed by atoms with Gasteiger partial charge in [-0.1, -0.05) is 25.5 Å².